The summed E-state index contributed by atoms with van der Waals surface area (Å²) in [5.41, 5.74) is 3.08. The third-order valence-electron chi connectivity index (χ3n) is 1.92. The van der Waals surface area contributed by atoms with Crippen LogP contribution in [-0.4, -0.2) is 3.26 Å². The van der Waals surface area contributed by atoms with Gasteiger partial charge in [-0.25, -0.2) is 0 Å². The van der Waals surface area contributed by atoms with Crippen LogP contribution in [0.5, 0.6) is 0 Å². The Labute approximate surface area is 84.9 Å². The molecule has 0 spiro atoms. The standard InChI is InChI=1S/C9H9IS/c10-9-5-7-3-1-2-4-8(7)6-11-9/h1-4,9H,5-6H2. The molecule has 11 heavy (non-hydrogen) atoms. The van der Waals surface area contributed by atoms with Gasteiger partial charge in [-0.3, -0.25) is 0 Å². The zero-order valence-electron chi connectivity index (χ0n) is 6.09. The summed E-state index contributed by atoms with van der Waals surface area (Å²) in [6, 6.07) is 8.76. The predicted molar refractivity (Wildman–Crippen MR) is 59.2 cm³/mol. The number of thioether (sulfide) groups is 1. The van der Waals surface area contributed by atoms with Gasteiger partial charge in [-0.05, 0) is 17.5 Å². The van der Waals surface area contributed by atoms with Gasteiger partial charge in [-0.15, -0.1) is 11.8 Å². The molecule has 2 rings (SSSR count). The highest BCUT2D eigenvalue weighted by Gasteiger charge is 2.14. The van der Waals surface area contributed by atoms with Gasteiger partial charge in [0, 0.05) is 5.75 Å². The molecule has 0 amide bonds. The van der Waals surface area contributed by atoms with Crippen LogP contribution in [-0.2, 0) is 12.2 Å². The van der Waals surface area contributed by atoms with E-state index in [9.17, 15) is 0 Å². The molecule has 1 aliphatic rings. The first kappa shape index (κ1) is 7.92. The normalized spacial score (nSPS) is 22.8. The molecule has 0 N–H and O–H groups in total. The van der Waals surface area contributed by atoms with Gasteiger partial charge in [0.05, 0.1) is 3.26 Å². The molecule has 2 heteroatoms. The molecule has 1 unspecified atom stereocenters. The summed E-state index contributed by atoms with van der Waals surface area (Å²) >= 11 is 4.56. The smallest absolute Gasteiger partial charge is 0.0608 e. The van der Waals surface area contributed by atoms with Crippen LogP contribution in [0.3, 0.4) is 0 Å². The van der Waals surface area contributed by atoms with Crippen molar-refractivity contribution in [2.24, 2.45) is 0 Å². The second kappa shape index (κ2) is 3.35. The molecule has 0 saturated heterocycles. The quantitative estimate of drug-likeness (QED) is 0.518. The molecule has 0 aliphatic carbocycles. The van der Waals surface area contributed by atoms with E-state index in [1.165, 1.54) is 17.7 Å². The number of hydrogen-bond acceptors (Lipinski definition) is 1. The molecule has 0 fully saturated rings. The van der Waals surface area contributed by atoms with Gasteiger partial charge >= 0.3 is 0 Å². The van der Waals surface area contributed by atoms with Crippen molar-refractivity contribution in [1.29, 1.82) is 0 Å². The zero-order valence-corrected chi connectivity index (χ0v) is 9.06. The molecule has 0 radical (unpaired) electrons. The Morgan fingerprint density at radius 2 is 2.00 bits per heavy atom. The first-order valence-corrected chi connectivity index (χ1v) is 5.98. The molecule has 1 aromatic carbocycles. The SMILES string of the molecule is IC1Cc2ccccc2CS1. The topological polar surface area (TPSA) is 0 Å². The summed E-state index contributed by atoms with van der Waals surface area (Å²) in [5.74, 6) is 1.20. The lowest BCUT2D eigenvalue weighted by molar-refractivity contribution is 1.07. The minimum atomic E-state index is 0.780. The van der Waals surface area contributed by atoms with Gasteiger partial charge in [-0.2, -0.15) is 0 Å². The second-order valence-corrected chi connectivity index (χ2v) is 6.23. The van der Waals surface area contributed by atoms with Gasteiger partial charge in [-0.1, -0.05) is 46.9 Å². The number of hydrogen-bond donors (Lipinski definition) is 0. The van der Waals surface area contributed by atoms with Crippen LogP contribution >= 0.6 is 34.4 Å². The summed E-state index contributed by atoms with van der Waals surface area (Å²) in [6.45, 7) is 0. The molecule has 1 atom stereocenters. The Morgan fingerprint density at radius 3 is 2.82 bits per heavy atom. The third-order valence-corrected chi connectivity index (χ3v) is 4.44. The molecular weight excluding hydrogens is 267 g/mol. The Morgan fingerprint density at radius 1 is 1.27 bits per heavy atom. The lowest BCUT2D eigenvalue weighted by Gasteiger charge is -2.19. The highest BCUT2D eigenvalue weighted by Crippen LogP contribution is 2.33. The number of fused-ring (bicyclic) bond motifs is 1. The molecule has 0 bridgehead atoms. The minimum absolute atomic E-state index is 0.780. The molecule has 0 aromatic heterocycles. The summed E-state index contributed by atoms with van der Waals surface area (Å²) in [5, 5.41) is 0. The van der Waals surface area contributed by atoms with Gasteiger partial charge in [0.1, 0.15) is 0 Å². The van der Waals surface area contributed by atoms with E-state index in [-0.39, 0.29) is 0 Å². The number of benzene rings is 1. The van der Waals surface area contributed by atoms with E-state index in [0.29, 0.717) is 0 Å². The van der Waals surface area contributed by atoms with E-state index in [4.69, 9.17) is 0 Å². The predicted octanol–water partition coefficient (Wildman–Crippen LogP) is 3.24. The molecule has 1 aliphatic heterocycles. The van der Waals surface area contributed by atoms with Gasteiger partial charge in [0.15, 0.2) is 0 Å². The summed E-state index contributed by atoms with van der Waals surface area (Å²) in [4.78, 5) is 0. The summed E-state index contributed by atoms with van der Waals surface area (Å²) in [6.07, 6.45) is 1.24. The Balaban J connectivity index is 2.34. The third kappa shape index (κ3) is 1.72. The van der Waals surface area contributed by atoms with Crippen molar-refractivity contribution in [3.05, 3.63) is 35.4 Å². The molecule has 58 valence electrons. The van der Waals surface area contributed by atoms with E-state index >= 15 is 0 Å². The monoisotopic (exact) mass is 276 g/mol. The Kier molecular flexibility index (Phi) is 2.42. The lowest BCUT2D eigenvalue weighted by atomic mass is 10.1. The minimum Gasteiger partial charge on any atom is -0.143 e. The maximum Gasteiger partial charge on any atom is 0.0608 e. The highest BCUT2D eigenvalue weighted by molar-refractivity contribution is 14.1. The number of alkyl halides is 1. The van der Waals surface area contributed by atoms with Crippen molar-refractivity contribution < 1.29 is 0 Å². The molecule has 1 aromatic rings. The first-order valence-electron chi connectivity index (χ1n) is 3.69. The van der Waals surface area contributed by atoms with Crippen LogP contribution in [0.2, 0.25) is 0 Å². The molecule has 0 nitrogen and oxygen atoms in total. The van der Waals surface area contributed by atoms with Crippen molar-refractivity contribution in [2.45, 2.75) is 15.4 Å². The van der Waals surface area contributed by atoms with Crippen molar-refractivity contribution in [3.63, 3.8) is 0 Å². The maximum atomic E-state index is 2.52. The largest absolute Gasteiger partial charge is 0.143 e. The van der Waals surface area contributed by atoms with E-state index in [1.807, 2.05) is 11.8 Å². The van der Waals surface area contributed by atoms with Crippen LogP contribution in [0, 0.1) is 0 Å². The molecular formula is C9H9IS. The van der Waals surface area contributed by atoms with Gasteiger partial charge in [0.2, 0.25) is 0 Å². The van der Waals surface area contributed by atoms with Crippen molar-refractivity contribution in [1.82, 2.24) is 0 Å². The fraction of sp³-hybridized carbons (Fsp3) is 0.333. The van der Waals surface area contributed by atoms with Gasteiger partial charge < -0.3 is 0 Å². The number of halogens is 1. The molecule has 0 saturated carbocycles. The van der Waals surface area contributed by atoms with Crippen LogP contribution < -0.4 is 0 Å². The first-order chi connectivity index (χ1) is 5.36. The molecule has 1 heterocycles. The van der Waals surface area contributed by atoms with E-state index in [0.717, 1.165) is 3.26 Å². The van der Waals surface area contributed by atoms with Crippen LogP contribution in [0.4, 0.5) is 0 Å². The average Bonchev–Trinajstić information content (AvgIpc) is 2.04. The van der Waals surface area contributed by atoms with Crippen molar-refractivity contribution >= 4 is 34.4 Å². The van der Waals surface area contributed by atoms with E-state index < -0.39 is 0 Å². The van der Waals surface area contributed by atoms with Gasteiger partial charge in [0.25, 0.3) is 0 Å². The lowest BCUT2D eigenvalue weighted by Crippen LogP contribution is -2.07. The van der Waals surface area contributed by atoms with Crippen LogP contribution in [0.15, 0.2) is 24.3 Å². The fourth-order valence-electron chi connectivity index (χ4n) is 1.31. The number of rotatable bonds is 0. The zero-order chi connectivity index (χ0) is 7.68. The summed E-state index contributed by atoms with van der Waals surface area (Å²) < 4.78 is 0.780. The van der Waals surface area contributed by atoms with Crippen molar-refractivity contribution in [2.75, 3.05) is 0 Å². The van der Waals surface area contributed by atoms with Crippen LogP contribution in [0.25, 0.3) is 0 Å². The van der Waals surface area contributed by atoms with Crippen LogP contribution in [0.1, 0.15) is 11.1 Å². The summed E-state index contributed by atoms with van der Waals surface area (Å²) in [7, 11) is 0. The maximum absolute atomic E-state index is 2.52. The fourth-order valence-corrected chi connectivity index (χ4v) is 3.26. The Hall–Kier alpha value is 0.300. The average molecular weight is 276 g/mol. The van der Waals surface area contributed by atoms with E-state index in [2.05, 4.69) is 46.9 Å². The highest BCUT2D eigenvalue weighted by atomic mass is 127. The Bertz CT molecular complexity index is 259. The second-order valence-electron chi connectivity index (χ2n) is 2.69. The van der Waals surface area contributed by atoms with E-state index in [1.54, 1.807) is 5.56 Å². The van der Waals surface area contributed by atoms with Crippen molar-refractivity contribution in [3.8, 4) is 0 Å².